The van der Waals surface area contributed by atoms with Crippen LogP contribution in [0.4, 0.5) is 11.4 Å². The van der Waals surface area contributed by atoms with E-state index in [0.29, 0.717) is 0 Å². The van der Waals surface area contributed by atoms with Crippen LogP contribution in [0.15, 0.2) is 22.5 Å². The molecule has 0 atom stereocenters. The van der Waals surface area contributed by atoms with Gasteiger partial charge in [0.1, 0.15) is 11.4 Å². The van der Waals surface area contributed by atoms with Gasteiger partial charge in [0.05, 0.1) is 5.56 Å². The second-order valence-electron chi connectivity index (χ2n) is 2.33. The van der Waals surface area contributed by atoms with E-state index in [1.165, 1.54) is 0 Å². The fraction of sp³-hybridized carbons (Fsp3) is 0. The van der Waals surface area contributed by atoms with Crippen LogP contribution >= 0.6 is 0 Å². The fourth-order valence-electron chi connectivity index (χ4n) is 0.878. The third-order valence-electron chi connectivity index (χ3n) is 1.49. The number of hydrogen-bond donors (Lipinski definition) is 1. The van der Waals surface area contributed by atoms with Crippen molar-refractivity contribution in [1.29, 1.82) is 0 Å². The molecular weight excluding hydrogens is 192 g/mol. The Morgan fingerprint density at radius 1 is 1.29 bits per heavy atom. The maximum Gasteiger partial charge on any atom is 0.335 e. The quantitative estimate of drug-likeness (QED) is 0.727. The molecule has 0 aromatic heterocycles. The molecule has 0 saturated carbocycles. The Morgan fingerprint density at radius 2 is 1.93 bits per heavy atom. The molecule has 1 aromatic rings. The molecule has 1 N–H and O–H groups in total. The van der Waals surface area contributed by atoms with Crippen LogP contribution in [0.25, 0.3) is 0 Å². The summed E-state index contributed by atoms with van der Waals surface area (Å²) in [6.45, 7) is 0. The standard InChI is InChI=1S/C7H4N2O5/c10-6-4(7(11)12)1-3(8-13)2-5(6)9-14/h1-2,10H,(H,11,12)/p-1. The summed E-state index contributed by atoms with van der Waals surface area (Å²) >= 11 is 0. The number of rotatable bonds is 3. The Hall–Kier alpha value is -2.31. The molecule has 0 saturated heterocycles. The van der Waals surface area contributed by atoms with Crippen LogP contribution in [-0.2, 0) is 0 Å². The zero-order valence-electron chi connectivity index (χ0n) is 6.63. The predicted molar refractivity (Wildman–Crippen MR) is 43.8 cm³/mol. The number of carboxylic acid groups (broad SMARTS) is 1. The van der Waals surface area contributed by atoms with Gasteiger partial charge in [-0.05, 0) is 22.5 Å². The lowest BCUT2D eigenvalue weighted by molar-refractivity contribution is -0.267. The Kier molecular flexibility index (Phi) is 2.52. The van der Waals surface area contributed by atoms with E-state index >= 15 is 0 Å². The zero-order chi connectivity index (χ0) is 10.7. The second kappa shape index (κ2) is 3.60. The lowest BCUT2D eigenvalue weighted by atomic mass is 10.1. The van der Waals surface area contributed by atoms with Gasteiger partial charge in [-0.2, -0.15) is 0 Å². The summed E-state index contributed by atoms with van der Waals surface area (Å²) in [4.78, 5) is 30.6. The molecule has 0 bridgehead atoms. The molecule has 0 aliphatic rings. The van der Waals surface area contributed by atoms with Crippen LogP contribution in [0.2, 0.25) is 0 Å². The molecule has 1 rings (SSSR count). The van der Waals surface area contributed by atoms with Crippen molar-refractivity contribution in [3.05, 3.63) is 27.5 Å². The van der Waals surface area contributed by atoms with Crippen LogP contribution in [0.3, 0.4) is 0 Å². The van der Waals surface area contributed by atoms with Crippen molar-refractivity contribution >= 4 is 17.3 Å². The predicted octanol–water partition coefficient (Wildman–Crippen LogP) is 1.25. The number of nitroso groups, excluding NO2 is 2. The fourth-order valence-corrected chi connectivity index (χ4v) is 0.878. The van der Waals surface area contributed by atoms with Gasteiger partial charge in [-0.1, -0.05) is 5.75 Å². The van der Waals surface area contributed by atoms with Crippen LogP contribution in [0, 0.1) is 9.81 Å². The minimum atomic E-state index is -1.54. The van der Waals surface area contributed by atoms with Gasteiger partial charge in [0.2, 0.25) is 0 Å². The average Bonchev–Trinajstić information content (AvgIpc) is 2.17. The highest BCUT2D eigenvalue weighted by Gasteiger charge is 2.10. The summed E-state index contributed by atoms with van der Waals surface area (Å²) in [7, 11) is 0. The normalized spacial score (nSPS) is 9.43. The third-order valence-corrected chi connectivity index (χ3v) is 1.49. The Labute approximate surface area is 76.9 Å². The highest BCUT2D eigenvalue weighted by Crippen LogP contribution is 2.32. The largest absolute Gasteiger partial charge is 0.870 e. The van der Waals surface area contributed by atoms with Gasteiger partial charge in [-0.25, -0.2) is 4.79 Å². The summed E-state index contributed by atoms with van der Waals surface area (Å²) in [6.07, 6.45) is 0. The van der Waals surface area contributed by atoms with E-state index in [9.17, 15) is 19.7 Å². The molecule has 0 amide bonds. The van der Waals surface area contributed by atoms with E-state index in [4.69, 9.17) is 5.11 Å². The maximum atomic E-state index is 11.1. The molecular formula is C7H3N2O5-. The lowest BCUT2D eigenvalue weighted by Crippen LogP contribution is -2.03. The van der Waals surface area contributed by atoms with E-state index in [1.807, 2.05) is 0 Å². The van der Waals surface area contributed by atoms with Crippen molar-refractivity contribution in [3.8, 4) is 5.75 Å². The van der Waals surface area contributed by atoms with E-state index in [-0.39, 0.29) is 5.69 Å². The minimum Gasteiger partial charge on any atom is -0.870 e. The van der Waals surface area contributed by atoms with Crippen LogP contribution in [0.5, 0.6) is 5.75 Å². The summed E-state index contributed by atoms with van der Waals surface area (Å²) in [6, 6.07) is 1.61. The topological polar surface area (TPSA) is 119 Å². The number of aromatic carboxylic acids is 1. The second-order valence-corrected chi connectivity index (χ2v) is 2.33. The van der Waals surface area contributed by atoms with Crippen molar-refractivity contribution in [1.82, 2.24) is 0 Å². The van der Waals surface area contributed by atoms with Crippen LogP contribution in [-0.4, -0.2) is 11.1 Å². The van der Waals surface area contributed by atoms with Gasteiger partial charge in [0.15, 0.2) is 0 Å². The summed E-state index contributed by atoms with van der Waals surface area (Å²) < 4.78 is 0. The minimum absolute atomic E-state index is 0.323. The lowest BCUT2D eigenvalue weighted by Gasteiger charge is -2.11. The highest BCUT2D eigenvalue weighted by molar-refractivity contribution is 5.94. The molecule has 0 aliphatic carbocycles. The first kappa shape index (κ1) is 9.78. The van der Waals surface area contributed by atoms with E-state index in [2.05, 4.69) is 10.4 Å². The molecule has 72 valence electrons. The number of nitrogens with zero attached hydrogens (tertiary/aromatic N) is 2. The number of hydrogen-bond acceptors (Lipinski definition) is 6. The van der Waals surface area contributed by atoms with Crippen molar-refractivity contribution < 1.29 is 15.0 Å². The number of carboxylic acids is 1. The van der Waals surface area contributed by atoms with Crippen molar-refractivity contribution in [2.75, 3.05) is 0 Å². The van der Waals surface area contributed by atoms with E-state index < -0.39 is 23.0 Å². The smallest absolute Gasteiger partial charge is 0.335 e. The Bertz CT molecular complexity index is 415. The molecule has 0 radical (unpaired) electrons. The zero-order valence-corrected chi connectivity index (χ0v) is 6.63. The van der Waals surface area contributed by atoms with Crippen molar-refractivity contribution in [2.45, 2.75) is 0 Å². The summed E-state index contributed by atoms with van der Waals surface area (Å²) in [5, 5.41) is 24.3. The van der Waals surface area contributed by atoms with Crippen LogP contribution < -0.4 is 5.11 Å². The number of benzene rings is 1. The number of carbonyl (C=O) groups is 1. The molecule has 0 spiro atoms. The molecule has 7 heteroatoms. The maximum absolute atomic E-state index is 11.1. The van der Waals surface area contributed by atoms with Gasteiger partial charge in [-0.3, -0.25) is 0 Å². The van der Waals surface area contributed by atoms with Gasteiger partial charge in [0, 0.05) is 0 Å². The Morgan fingerprint density at radius 3 is 2.36 bits per heavy atom. The SMILES string of the molecule is O=Nc1cc(N=O)c([O-])c(C(=O)O)c1. The van der Waals surface area contributed by atoms with Crippen LogP contribution in [0.1, 0.15) is 10.4 Å². The summed E-state index contributed by atoms with van der Waals surface area (Å²) in [5.74, 6) is -2.56. The van der Waals surface area contributed by atoms with Gasteiger partial charge in [-0.15, -0.1) is 9.81 Å². The average molecular weight is 195 g/mol. The molecule has 1 aromatic carbocycles. The monoisotopic (exact) mass is 195 g/mol. The molecule has 14 heavy (non-hydrogen) atoms. The first-order valence-electron chi connectivity index (χ1n) is 3.35. The molecule has 0 heterocycles. The summed E-state index contributed by atoms with van der Waals surface area (Å²) in [5.41, 5.74) is -1.66. The highest BCUT2D eigenvalue weighted by atomic mass is 16.4. The molecule has 0 unspecified atom stereocenters. The third kappa shape index (κ3) is 1.56. The first-order chi connectivity index (χ1) is 6.60. The van der Waals surface area contributed by atoms with E-state index in [0.717, 1.165) is 12.1 Å². The van der Waals surface area contributed by atoms with Gasteiger partial charge < -0.3 is 10.2 Å². The molecule has 7 nitrogen and oxygen atoms in total. The van der Waals surface area contributed by atoms with Gasteiger partial charge in [0.25, 0.3) is 0 Å². The Balaban J connectivity index is 3.49. The molecule has 0 aliphatic heterocycles. The van der Waals surface area contributed by atoms with Crippen molar-refractivity contribution in [2.24, 2.45) is 10.4 Å². The van der Waals surface area contributed by atoms with Crippen molar-refractivity contribution in [3.63, 3.8) is 0 Å². The van der Waals surface area contributed by atoms with E-state index in [1.54, 1.807) is 0 Å². The van der Waals surface area contributed by atoms with Gasteiger partial charge >= 0.3 is 5.97 Å². The first-order valence-corrected chi connectivity index (χ1v) is 3.35. The molecule has 0 fully saturated rings.